The van der Waals surface area contributed by atoms with Crippen LogP contribution < -0.4 is 15.0 Å². The zero-order valence-electron chi connectivity index (χ0n) is 14.7. The lowest BCUT2D eigenvalue weighted by Gasteiger charge is -2.20. The van der Waals surface area contributed by atoms with Crippen molar-refractivity contribution in [3.05, 3.63) is 53.6 Å². The normalized spacial score (nSPS) is 13.7. The minimum absolute atomic E-state index is 0.155. The summed E-state index contributed by atoms with van der Waals surface area (Å²) in [5, 5.41) is 3.31. The Balaban J connectivity index is 1.55. The third-order valence-electron chi connectivity index (χ3n) is 4.41. The molecule has 2 heterocycles. The summed E-state index contributed by atoms with van der Waals surface area (Å²) in [7, 11) is 0. The van der Waals surface area contributed by atoms with Gasteiger partial charge in [0.15, 0.2) is 18.2 Å². The lowest BCUT2D eigenvalue weighted by molar-refractivity contribution is -0.118. The summed E-state index contributed by atoms with van der Waals surface area (Å²) in [6.07, 6.45) is 2.22. The second-order valence-corrected chi connectivity index (χ2v) is 6.75. The van der Waals surface area contributed by atoms with Crippen LogP contribution in [-0.4, -0.2) is 35.6 Å². The summed E-state index contributed by atoms with van der Waals surface area (Å²) in [6.45, 7) is 1.66. The minimum Gasteiger partial charge on any atom is -0.482 e. The van der Waals surface area contributed by atoms with Gasteiger partial charge in [0.1, 0.15) is 5.75 Å². The number of para-hydroxylation sites is 3. The van der Waals surface area contributed by atoms with Gasteiger partial charge in [-0.15, -0.1) is 0 Å². The molecular weight excluding hydrogens is 364 g/mol. The Bertz CT molecular complexity index is 973. The molecule has 6 nitrogen and oxygen atoms in total. The lowest BCUT2D eigenvalue weighted by atomic mass is 10.3. The van der Waals surface area contributed by atoms with Crippen molar-refractivity contribution in [2.24, 2.45) is 0 Å². The van der Waals surface area contributed by atoms with E-state index >= 15 is 0 Å². The van der Waals surface area contributed by atoms with Crippen LogP contribution in [0.1, 0.15) is 12.8 Å². The first-order chi connectivity index (χ1) is 13.2. The molecule has 0 unspecified atom stereocenters. The molecule has 7 heteroatoms. The Labute approximate surface area is 162 Å². The summed E-state index contributed by atoms with van der Waals surface area (Å²) in [5.41, 5.74) is 1.55. The Kier molecular flexibility index (Phi) is 5.07. The average molecular weight is 383 g/mol. The summed E-state index contributed by atoms with van der Waals surface area (Å²) < 4.78 is 5.52. The van der Waals surface area contributed by atoms with Gasteiger partial charge in [0.25, 0.3) is 5.91 Å². The van der Waals surface area contributed by atoms with Crippen molar-refractivity contribution in [1.82, 2.24) is 9.97 Å². The molecule has 0 bridgehead atoms. The van der Waals surface area contributed by atoms with Gasteiger partial charge < -0.3 is 15.0 Å². The molecule has 0 radical (unpaired) electrons. The number of benzene rings is 2. The summed E-state index contributed by atoms with van der Waals surface area (Å²) in [6, 6.07) is 14.7. The number of carbonyl (C=O) groups is 1. The quantitative estimate of drug-likeness (QED) is 0.724. The molecule has 1 aliphatic heterocycles. The van der Waals surface area contributed by atoms with Crippen LogP contribution in [0, 0.1) is 0 Å². The van der Waals surface area contributed by atoms with Crippen LogP contribution in [0.2, 0.25) is 5.02 Å². The van der Waals surface area contributed by atoms with Crippen LogP contribution in [0.15, 0.2) is 48.5 Å². The topological polar surface area (TPSA) is 67.3 Å². The molecule has 27 heavy (non-hydrogen) atoms. The van der Waals surface area contributed by atoms with E-state index < -0.39 is 0 Å². The molecule has 1 aliphatic rings. The molecule has 1 N–H and O–H groups in total. The summed E-state index contributed by atoms with van der Waals surface area (Å²) >= 11 is 6.06. The van der Waals surface area contributed by atoms with Gasteiger partial charge in [-0.1, -0.05) is 35.9 Å². The molecule has 3 aromatic rings. The van der Waals surface area contributed by atoms with Crippen LogP contribution in [0.25, 0.3) is 11.0 Å². The van der Waals surface area contributed by atoms with Crippen molar-refractivity contribution >= 4 is 40.2 Å². The highest BCUT2D eigenvalue weighted by Gasteiger charge is 2.21. The van der Waals surface area contributed by atoms with E-state index in [-0.39, 0.29) is 12.5 Å². The van der Waals surface area contributed by atoms with Gasteiger partial charge in [0.05, 0.1) is 16.1 Å². The molecule has 0 saturated carbocycles. The number of hydrogen-bond acceptors (Lipinski definition) is 5. The van der Waals surface area contributed by atoms with Gasteiger partial charge in [-0.3, -0.25) is 4.79 Å². The maximum absolute atomic E-state index is 12.4. The number of fused-ring (bicyclic) bond motifs is 1. The average Bonchev–Trinajstić information content (AvgIpc) is 3.21. The standard InChI is InChI=1S/C20H19ClN4O2/c21-14-7-1-4-10-17(14)27-13-18(26)24-19-20(25-11-5-6-12-25)23-16-9-3-2-8-15(16)22-19/h1-4,7-10H,5-6,11-13H2,(H,22,24,26). The second-order valence-electron chi connectivity index (χ2n) is 6.35. The third-order valence-corrected chi connectivity index (χ3v) is 4.72. The number of aromatic nitrogens is 2. The Morgan fingerprint density at radius 2 is 1.70 bits per heavy atom. The molecule has 0 spiro atoms. The number of nitrogens with one attached hydrogen (secondary N) is 1. The molecule has 0 aliphatic carbocycles. The van der Waals surface area contributed by atoms with Crippen LogP contribution in [0.3, 0.4) is 0 Å². The summed E-state index contributed by atoms with van der Waals surface area (Å²) in [5.74, 6) is 1.33. The van der Waals surface area contributed by atoms with Crippen molar-refractivity contribution in [1.29, 1.82) is 0 Å². The maximum Gasteiger partial charge on any atom is 0.263 e. The Morgan fingerprint density at radius 1 is 1.04 bits per heavy atom. The van der Waals surface area contributed by atoms with Crippen LogP contribution in [0.5, 0.6) is 5.75 Å². The zero-order valence-corrected chi connectivity index (χ0v) is 15.4. The molecule has 138 valence electrons. The largest absolute Gasteiger partial charge is 0.482 e. The molecule has 1 aromatic heterocycles. The number of amides is 1. The minimum atomic E-state index is -0.306. The number of rotatable bonds is 5. The van der Waals surface area contributed by atoms with E-state index in [1.807, 2.05) is 30.3 Å². The third kappa shape index (κ3) is 3.95. The van der Waals surface area contributed by atoms with Gasteiger partial charge in [0, 0.05) is 13.1 Å². The fourth-order valence-corrected chi connectivity index (χ4v) is 3.29. The van der Waals surface area contributed by atoms with E-state index in [1.54, 1.807) is 18.2 Å². The summed E-state index contributed by atoms with van der Waals surface area (Å²) in [4.78, 5) is 23.9. The van der Waals surface area contributed by atoms with Crippen molar-refractivity contribution in [2.75, 3.05) is 29.9 Å². The van der Waals surface area contributed by atoms with Gasteiger partial charge in [-0.05, 0) is 37.1 Å². The van der Waals surface area contributed by atoms with Gasteiger partial charge in [-0.25, -0.2) is 9.97 Å². The van der Waals surface area contributed by atoms with Crippen molar-refractivity contribution in [2.45, 2.75) is 12.8 Å². The van der Waals surface area contributed by atoms with E-state index in [0.29, 0.717) is 22.4 Å². The van der Waals surface area contributed by atoms with Gasteiger partial charge >= 0.3 is 0 Å². The fourth-order valence-electron chi connectivity index (χ4n) is 3.10. The van der Waals surface area contributed by atoms with E-state index in [9.17, 15) is 4.79 Å². The van der Waals surface area contributed by atoms with E-state index in [4.69, 9.17) is 21.3 Å². The van der Waals surface area contributed by atoms with Crippen molar-refractivity contribution < 1.29 is 9.53 Å². The van der Waals surface area contributed by atoms with E-state index in [1.165, 1.54) is 0 Å². The monoisotopic (exact) mass is 382 g/mol. The molecule has 0 atom stereocenters. The number of anilines is 2. The molecule has 2 aromatic carbocycles. The molecule has 4 rings (SSSR count). The maximum atomic E-state index is 12.4. The molecular formula is C20H19ClN4O2. The lowest BCUT2D eigenvalue weighted by Crippen LogP contribution is -2.25. The highest BCUT2D eigenvalue weighted by atomic mass is 35.5. The van der Waals surface area contributed by atoms with E-state index in [2.05, 4.69) is 15.2 Å². The zero-order chi connectivity index (χ0) is 18.6. The van der Waals surface area contributed by atoms with Crippen LogP contribution in [-0.2, 0) is 4.79 Å². The van der Waals surface area contributed by atoms with Crippen LogP contribution in [0.4, 0.5) is 11.6 Å². The Hall–Kier alpha value is -2.86. The number of ether oxygens (including phenoxy) is 1. The first kappa shape index (κ1) is 17.5. The van der Waals surface area contributed by atoms with Crippen molar-refractivity contribution in [3.63, 3.8) is 0 Å². The van der Waals surface area contributed by atoms with Crippen molar-refractivity contribution in [3.8, 4) is 5.75 Å². The van der Waals surface area contributed by atoms with Crippen LogP contribution >= 0.6 is 11.6 Å². The number of hydrogen-bond donors (Lipinski definition) is 1. The SMILES string of the molecule is O=C(COc1ccccc1Cl)Nc1nc2ccccc2nc1N1CCCC1. The predicted octanol–water partition coefficient (Wildman–Crippen LogP) is 3.90. The highest BCUT2D eigenvalue weighted by Crippen LogP contribution is 2.28. The number of halogens is 1. The molecule has 1 amide bonds. The first-order valence-electron chi connectivity index (χ1n) is 8.89. The smallest absolute Gasteiger partial charge is 0.263 e. The predicted molar refractivity (Wildman–Crippen MR) is 107 cm³/mol. The number of nitrogens with zero attached hydrogens (tertiary/aromatic N) is 3. The second kappa shape index (κ2) is 7.80. The molecule has 1 saturated heterocycles. The van der Waals surface area contributed by atoms with E-state index in [0.717, 1.165) is 37.0 Å². The van der Waals surface area contributed by atoms with Gasteiger partial charge in [-0.2, -0.15) is 0 Å². The van der Waals surface area contributed by atoms with Gasteiger partial charge in [0.2, 0.25) is 0 Å². The molecule has 1 fully saturated rings. The first-order valence-corrected chi connectivity index (χ1v) is 9.27. The number of carbonyl (C=O) groups excluding carboxylic acids is 1. The highest BCUT2D eigenvalue weighted by molar-refractivity contribution is 6.32. The fraction of sp³-hybridized carbons (Fsp3) is 0.250. The Morgan fingerprint density at radius 3 is 2.44 bits per heavy atom.